The lowest BCUT2D eigenvalue weighted by Gasteiger charge is -2.08. The van der Waals surface area contributed by atoms with E-state index >= 15 is 0 Å². The third-order valence-electron chi connectivity index (χ3n) is 5.41. The molecule has 1 amide bonds. The van der Waals surface area contributed by atoms with Crippen LogP contribution in [-0.4, -0.2) is 23.6 Å². The number of carbonyl (C=O) groups is 2. The number of aryl methyl sites for hydroxylation is 1. The standard InChI is InChI=1S/C28H21N3O4S/c1-18-8-6-7-11-23(18)30-25(32)22(17-29)27-31(21-9-4-3-5-10-21)26(33)24(36-27)16-19-12-14-20(15-13-19)28(34)35-2/h3-16H,1-2H3,(H,30,32)/b24-16+,27-22+. The van der Waals surface area contributed by atoms with E-state index in [4.69, 9.17) is 4.74 Å². The van der Waals surface area contributed by atoms with Crippen molar-refractivity contribution in [1.82, 2.24) is 4.57 Å². The summed E-state index contributed by atoms with van der Waals surface area (Å²) in [4.78, 5) is 38.4. The van der Waals surface area contributed by atoms with Crippen LogP contribution in [0.15, 0.2) is 83.7 Å². The Labute approximate surface area is 210 Å². The zero-order valence-corrected chi connectivity index (χ0v) is 20.3. The van der Waals surface area contributed by atoms with E-state index in [9.17, 15) is 19.6 Å². The number of carbonyl (C=O) groups excluding carboxylic acids is 2. The molecule has 4 aromatic rings. The second-order valence-electron chi connectivity index (χ2n) is 7.76. The summed E-state index contributed by atoms with van der Waals surface area (Å²) in [5.74, 6) is -1.06. The maximum Gasteiger partial charge on any atom is 0.337 e. The molecule has 0 fully saturated rings. The minimum absolute atomic E-state index is 0.176. The van der Waals surface area contributed by atoms with Crippen LogP contribution in [0.25, 0.3) is 17.3 Å². The zero-order chi connectivity index (χ0) is 25.7. The van der Waals surface area contributed by atoms with Gasteiger partial charge < -0.3 is 10.1 Å². The highest BCUT2D eigenvalue weighted by Crippen LogP contribution is 2.14. The fraction of sp³-hybridized carbons (Fsp3) is 0.0714. The van der Waals surface area contributed by atoms with Gasteiger partial charge in [-0.1, -0.05) is 48.5 Å². The molecule has 0 aliphatic carbocycles. The van der Waals surface area contributed by atoms with E-state index in [-0.39, 0.29) is 15.8 Å². The number of nitriles is 1. The number of ether oxygens (including phenoxy) is 1. The first-order valence-electron chi connectivity index (χ1n) is 10.9. The molecule has 7 nitrogen and oxygen atoms in total. The summed E-state index contributed by atoms with van der Waals surface area (Å²) in [5, 5.41) is 12.7. The molecule has 1 N–H and O–H groups in total. The molecule has 8 heteroatoms. The Balaban J connectivity index is 1.91. The molecular weight excluding hydrogens is 474 g/mol. The molecule has 1 aromatic heterocycles. The third kappa shape index (κ3) is 5.02. The lowest BCUT2D eigenvalue weighted by molar-refractivity contribution is -0.111. The first-order valence-corrected chi connectivity index (χ1v) is 11.7. The van der Waals surface area contributed by atoms with E-state index in [1.54, 1.807) is 66.7 Å². The Morgan fingerprint density at radius 3 is 2.31 bits per heavy atom. The summed E-state index contributed by atoms with van der Waals surface area (Å²) in [5.41, 5.74) is 2.48. The van der Waals surface area contributed by atoms with E-state index in [0.29, 0.717) is 27.0 Å². The van der Waals surface area contributed by atoms with Crippen molar-refractivity contribution in [3.63, 3.8) is 0 Å². The number of hydrogen-bond acceptors (Lipinski definition) is 6. The van der Waals surface area contributed by atoms with E-state index in [1.807, 2.05) is 31.2 Å². The molecule has 0 aliphatic rings. The van der Waals surface area contributed by atoms with Gasteiger partial charge in [-0.05, 0) is 54.5 Å². The lowest BCUT2D eigenvalue weighted by atomic mass is 10.1. The van der Waals surface area contributed by atoms with E-state index < -0.39 is 11.9 Å². The van der Waals surface area contributed by atoms with Crippen molar-refractivity contribution in [2.75, 3.05) is 12.4 Å². The molecular formula is C28H21N3O4S. The molecule has 36 heavy (non-hydrogen) atoms. The molecule has 4 rings (SSSR count). The van der Waals surface area contributed by atoms with Crippen LogP contribution in [0.5, 0.6) is 0 Å². The molecule has 0 saturated carbocycles. The van der Waals surface area contributed by atoms with Crippen molar-refractivity contribution in [2.24, 2.45) is 0 Å². The van der Waals surface area contributed by atoms with Gasteiger partial charge in [0.25, 0.3) is 11.5 Å². The number of para-hydroxylation sites is 2. The first kappa shape index (κ1) is 24.4. The molecule has 0 unspecified atom stereocenters. The Bertz CT molecular complexity index is 1660. The fourth-order valence-corrected chi connectivity index (χ4v) is 4.64. The molecule has 3 aromatic carbocycles. The molecule has 0 saturated heterocycles. The number of rotatable bonds is 5. The van der Waals surface area contributed by atoms with E-state index in [1.165, 1.54) is 11.7 Å². The predicted octanol–water partition coefficient (Wildman–Crippen LogP) is 3.14. The topological polar surface area (TPSA) is 101 Å². The van der Waals surface area contributed by atoms with Gasteiger partial charge in [-0.15, -0.1) is 11.3 Å². The second kappa shape index (κ2) is 10.7. The van der Waals surface area contributed by atoms with Gasteiger partial charge in [0.2, 0.25) is 0 Å². The van der Waals surface area contributed by atoms with Gasteiger partial charge in [-0.25, -0.2) is 4.79 Å². The van der Waals surface area contributed by atoms with Crippen LogP contribution < -0.4 is 20.1 Å². The van der Waals surface area contributed by atoms with Crippen molar-refractivity contribution >= 4 is 40.5 Å². The molecule has 0 radical (unpaired) electrons. The second-order valence-corrected chi connectivity index (χ2v) is 8.79. The highest BCUT2D eigenvalue weighted by atomic mass is 32.1. The quantitative estimate of drug-likeness (QED) is 0.429. The number of hydrogen-bond donors (Lipinski definition) is 1. The number of anilines is 1. The highest BCUT2D eigenvalue weighted by Gasteiger charge is 2.18. The van der Waals surface area contributed by atoms with Crippen LogP contribution in [0.1, 0.15) is 21.5 Å². The van der Waals surface area contributed by atoms with E-state index in [0.717, 1.165) is 16.9 Å². The lowest BCUT2D eigenvalue weighted by Crippen LogP contribution is -2.32. The first-order chi connectivity index (χ1) is 17.4. The van der Waals surface area contributed by atoms with Crippen molar-refractivity contribution in [3.8, 4) is 11.8 Å². The van der Waals surface area contributed by atoms with Gasteiger partial charge in [-0.2, -0.15) is 5.26 Å². The number of aromatic nitrogens is 1. The van der Waals surface area contributed by atoms with Crippen LogP contribution >= 0.6 is 11.3 Å². The molecule has 0 aliphatic heterocycles. The molecule has 0 atom stereocenters. The average molecular weight is 496 g/mol. The smallest absolute Gasteiger partial charge is 0.337 e. The predicted molar refractivity (Wildman–Crippen MR) is 139 cm³/mol. The van der Waals surface area contributed by atoms with Crippen molar-refractivity contribution in [3.05, 3.63) is 115 Å². The summed E-state index contributed by atoms with van der Waals surface area (Å²) < 4.78 is 6.64. The van der Waals surface area contributed by atoms with Crippen LogP contribution in [0.4, 0.5) is 5.69 Å². The maximum atomic E-state index is 13.5. The monoisotopic (exact) mass is 495 g/mol. The number of methoxy groups -OCH3 is 1. The third-order valence-corrected chi connectivity index (χ3v) is 6.51. The number of esters is 1. The molecule has 1 heterocycles. The summed E-state index contributed by atoms with van der Waals surface area (Å²) in [7, 11) is 1.31. The Morgan fingerprint density at radius 1 is 1.00 bits per heavy atom. The molecule has 178 valence electrons. The minimum Gasteiger partial charge on any atom is -0.465 e. The SMILES string of the molecule is COC(=O)c1ccc(/C=c2/s/c(=C(\C#N)C(=O)Nc3ccccc3C)n(-c3ccccc3)c2=O)cc1. The minimum atomic E-state index is -0.605. The summed E-state index contributed by atoms with van der Waals surface area (Å²) in [6.45, 7) is 1.85. The highest BCUT2D eigenvalue weighted by molar-refractivity contribution is 7.07. The maximum absolute atomic E-state index is 13.5. The molecule has 0 bridgehead atoms. The van der Waals surface area contributed by atoms with Gasteiger partial charge in [0.15, 0.2) is 5.57 Å². The Hall–Kier alpha value is -4.74. The summed E-state index contributed by atoms with van der Waals surface area (Å²) >= 11 is 1.05. The van der Waals surface area contributed by atoms with Gasteiger partial charge in [0.1, 0.15) is 10.7 Å². The van der Waals surface area contributed by atoms with Gasteiger partial charge in [0, 0.05) is 5.69 Å². The largest absolute Gasteiger partial charge is 0.465 e. The van der Waals surface area contributed by atoms with Crippen LogP contribution in [-0.2, 0) is 9.53 Å². The molecule has 0 spiro atoms. The van der Waals surface area contributed by atoms with Crippen LogP contribution in [0.2, 0.25) is 0 Å². The van der Waals surface area contributed by atoms with Crippen molar-refractivity contribution < 1.29 is 14.3 Å². The van der Waals surface area contributed by atoms with Crippen LogP contribution in [0, 0.1) is 18.3 Å². The van der Waals surface area contributed by atoms with Crippen molar-refractivity contribution in [1.29, 1.82) is 5.26 Å². The fourth-order valence-electron chi connectivity index (χ4n) is 3.54. The number of nitrogens with zero attached hydrogens (tertiary/aromatic N) is 2. The zero-order valence-electron chi connectivity index (χ0n) is 19.5. The Morgan fingerprint density at radius 2 is 1.67 bits per heavy atom. The average Bonchev–Trinajstić information content (AvgIpc) is 3.21. The van der Waals surface area contributed by atoms with Crippen molar-refractivity contribution in [2.45, 2.75) is 6.92 Å². The summed E-state index contributed by atoms with van der Waals surface area (Å²) in [6, 6.07) is 24.7. The van der Waals surface area contributed by atoms with Gasteiger partial charge in [-0.3, -0.25) is 14.2 Å². The normalized spacial score (nSPS) is 12.0. The Kier molecular flexibility index (Phi) is 7.23. The number of nitrogens with one attached hydrogen (secondary N) is 1. The van der Waals surface area contributed by atoms with E-state index in [2.05, 4.69) is 5.32 Å². The number of thiazole rings is 1. The summed E-state index contributed by atoms with van der Waals surface area (Å²) in [6.07, 6.45) is 1.66. The van der Waals surface area contributed by atoms with Gasteiger partial charge >= 0.3 is 5.97 Å². The number of benzene rings is 3. The number of amides is 1. The van der Waals surface area contributed by atoms with Gasteiger partial charge in [0.05, 0.1) is 22.9 Å². The van der Waals surface area contributed by atoms with Crippen LogP contribution in [0.3, 0.4) is 0 Å².